The summed E-state index contributed by atoms with van der Waals surface area (Å²) >= 11 is 0. The molecule has 7 saturated carbocycles. The summed E-state index contributed by atoms with van der Waals surface area (Å²) in [6.45, 7) is 20.5. The molecule has 13 aliphatic rings. The maximum Gasteiger partial charge on any atom is 0.303 e. The van der Waals surface area contributed by atoms with E-state index >= 15 is 0 Å². The Morgan fingerprint density at radius 1 is 0.642 bits per heavy atom. The molecule has 13 rings (SSSR count). The fourth-order valence-electron chi connectivity index (χ4n) is 23.6. The number of ether oxygens (including phenoxy) is 2. The highest BCUT2D eigenvalue weighted by Crippen LogP contribution is 2.73. The van der Waals surface area contributed by atoms with Crippen molar-refractivity contribution in [1.82, 2.24) is 0 Å². The first-order chi connectivity index (χ1) is 44.2. The standard InChI is InChI=1S/C29H38O5.C27H38O4.C24H32F2O3.CH4/c1-18(30)34-17-26(32)29(33)24(19-7-5-4-6-8-19)16-25-22-10-9-20-15-21(31)11-13-27(20,2)23(22)12-14-28(25,29)3;1-17-14-23-21-8-7-19-15-20(29)9-11-26(19,3)22(21)10-12-27(23,4)25(17)24(30)16-31-13-5-6-18(2)28;1-21-9-7-15(28)11-14(21)5-6-16-17(21)8-10-22(2)18(16)12-19(24(4,25)26)23(22,3)20(29)13-27;/h11-13,15,19,22,24-25,33H,4-10,14,16-17H2,1-3H3;10,15,17,21,23,25H,5-9,11-14,16H2,1-4H3;8,11,16,18-19,27H,5-7,9-10,12-13H2,1-4H3;1H4/t22?,24-,25?,27-,28-,29-;17-,21?,23?,25-,26+,27+;16?,18?,19-,21+,22+,23-;/m011./s1. The van der Waals surface area contributed by atoms with Crippen molar-refractivity contribution < 1.29 is 66.8 Å². The molecule has 0 aliphatic heterocycles. The summed E-state index contributed by atoms with van der Waals surface area (Å²) in [5.41, 5.74) is 3.60. The van der Waals surface area contributed by atoms with E-state index in [0.29, 0.717) is 75.2 Å². The zero-order valence-corrected chi connectivity index (χ0v) is 58.3. The van der Waals surface area contributed by atoms with Gasteiger partial charge in [0.15, 0.2) is 35.5 Å². The number of carbonyl (C=O) groups is 8. The zero-order valence-electron chi connectivity index (χ0n) is 58.3. The minimum absolute atomic E-state index is 0. The van der Waals surface area contributed by atoms with Crippen LogP contribution in [0.2, 0.25) is 0 Å². The van der Waals surface area contributed by atoms with E-state index in [0.717, 1.165) is 103 Å². The van der Waals surface area contributed by atoms with Crippen LogP contribution in [0.1, 0.15) is 231 Å². The van der Waals surface area contributed by atoms with Crippen molar-refractivity contribution in [2.24, 2.45) is 103 Å². The molecule has 6 unspecified atom stereocenters. The third-order valence-corrected chi connectivity index (χ3v) is 28.8. The van der Waals surface area contributed by atoms with Gasteiger partial charge in [-0.25, -0.2) is 8.78 Å². The number of carbonyl (C=O) groups excluding carboxylic acids is 8. The number of hydrogen-bond acceptors (Lipinski definition) is 12. The number of alkyl halides is 2. The van der Waals surface area contributed by atoms with Crippen molar-refractivity contribution in [3.8, 4) is 0 Å². The molecule has 522 valence electrons. The Morgan fingerprint density at radius 3 is 1.77 bits per heavy atom. The Morgan fingerprint density at radius 2 is 1.19 bits per heavy atom. The molecule has 0 heterocycles. The maximum atomic E-state index is 14.7. The molecule has 0 spiro atoms. The van der Waals surface area contributed by atoms with Crippen molar-refractivity contribution in [3.63, 3.8) is 0 Å². The van der Waals surface area contributed by atoms with Crippen LogP contribution in [-0.2, 0) is 47.8 Å². The van der Waals surface area contributed by atoms with Gasteiger partial charge in [0.25, 0.3) is 0 Å². The van der Waals surface area contributed by atoms with Crippen LogP contribution in [0.5, 0.6) is 0 Å². The van der Waals surface area contributed by atoms with E-state index in [1.165, 1.54) is 41.2 Å². The van der Waals surface area contributed by atoms with Crippen molar-refractivity contribution >= 4 is 46.5 Å². The average Bonchev–Trinajstić information content (AvgIpc) is 1.57. The van der Waals surface area contributed by atoms with E-state index in [4.69, 9.17) is 9.47 Å². The van der Waals surface area contributed by atoms with E-state index in [1.54, 1.807) is 25.5 Å². The highest BCUT2D eigenvalue weighted by Gasteiger charge is 2.72. The lowest BCUT2D eigenvalue weighted by Crippen LogP contribution is -2.59. The first-order valence-corrected chi connectivity index (χ1v) is 36.2. The average molecular weight is 1320 g/mol. The van der Waals surface area contributed by atoms with E-state index in [2.05, 4.69) is 65.8 Å². The highest BCUT2D eigenvalue weighted by molar-refractivity contribution is 6.01. The second kappa shape index (κ2) is 26.6. The van der Waals surface area contributed by atoms with Crippen LogP contribution in [0.3, 0.4) is 0 Å². The summed E-state index contributed by atoms with van der Waals surface area (Å²) < 4.78 is 40.3. The summed E-state index contributed by atoms with van der Waals surface area (Å²) in [6, 6.07) is 0. The first kappa shape index (κ1) is 72.8. The lowest BCUT2D eigenvalue weighted by Gasteiger charge is -2.55. The Balaban J connectivity index is 0.000000155. The van der Waals surface area contributed by atoms with Crippen LogP contribution in [0.15, 0.2) is 82.0 Å². The number of Topliss-reactive ketones (excluding diaryl/α,β-unsaturated/α-hetero) is 4. The summed E-state index contributed by atoms with van der Waals surface area (Å²) in [5, 5.41) is 22.1. The van der Waals surface area contributed by atoms with Crippen LogP contribution >= 0.6 is 0 Å². The number of allylic oxidation sites excluding steroid dienone is 14. The summed E-state index contributed by atoms with van der Waals surface area (Å²) in [5.74, 6) is -2.09. The van der Waals surface area contributed by atoms with Crippen LogP contribution < -0.4 is 0 Å². The largest absolute Gasteiger partial charge is 0.458 e. The van der Waals surface area contributed by atoms with Gasteiger partial charge in [-0.3, -0.25) is 33.6 Å². The Hall–Kier alpha value is -4.92. The van der Waals surface area contributed by atoms with Crippen molar-refractivity contribution in [2.45, 2.75) is 243 Å². The van der Waals surface area contributed by atoms with Gasteiger partial charge in [-0.15, -0.1) is 0 Å². The second-order valence-electron chi connectivity index (χ2n) is 33.5. The number of fused-ring (bicyclic) bond motifs is 15. The summed E-state index contributed by atoms with van der Waals surface area (Å²) in [6.07, 6.45) is 35.9. The normalized spacial score (nSPS) is 41.2. The number of hydrogen-bond donors (Lipinski definition) is 2. The molecule has 7 fully saturated rings. The van der Waals surface area contributed by atoms with Gasteiger partial charge in [0, 0.05) is 71.7 Å². The molecule has 95 heavy (non-hydrogen) atoms. The van der Waals surface area contributed by atoms with E-state index in [9.17, 15) is 57.4 Å². The van der Waals surface area contributed by atoms with Gasteiger partial charge in [-0.2, -0.15) is 0 Å². The van der Waals surface area contributed by atoms with Crippen LogP contribution in [0, 0.1) is 103 Å². The smallest absolute Gasteiger partial charge is 0.303 e. The predicted molar refractivity (Wildman–Crippen MR) is 362 cm³/mol. The van der Waals surface area contributed by atoms with Crippen LogP contribution in [-0.4, -0.2) is 94.6 Å². The summed E-state index contributed by atoms with van der Waals surface area (Å²) in [4.78, 5) is 98.4. The van der Waals surface area contributed by atoms with E-state index in [1.807, 2.05) is 25.2 Å². The monoisotopic (exact) mass is 1310 g/mol. The molecule has 0 aromatic rings. The summed E-state index contributed by atoms with van der Waals surface area (Å²) in [7, 11) is 0. The number of esters is 1. The molecule has 0 amide bonds. The van der Waals surface area contributed by atoms with Gasteiger partial charge in [0.2, 0.25) is 11.7 Å². The maximum absolute atomic E-state index is 14.7. The van der Waals surface area contributed by atoms with Gasteiger partial charge >= 0.3 is 5.97 Å². The van der Waals surface area contributed by atoms with E-state index < -0.39 is 52.0 Å². The van der Waals surface area contributed by atoms with Gasteiger partial charge < -0.3 is 24.5 Å². The molecule has 12 nitrogen and oxygen atoms in total. The minimum atomic E-state index is -2.99. The quantitative estimate of drug-likeness (QED) is 0.0950. The number of aliphatic hydroxyl groups is 2. The highest BCUT2D eigenvalue weighted by atomic mass is 19.3. The minimum Gasteiger partial charge on any atom is -0.458 e. The number of ketones is 7. The number of aliphatic hydroxyl groups excluding tert-OH is 1. The van der Waals surface area contributed by atoms with Crippen LogP contribution in [0.4, 0.5) is 8.78 Å². The van der Waals surface area contributed by atoms with Gasteiger partial charge in [0.05, 0.1) is 0 Å². The molecule has 2 N–H and O–H groups in total. The fourth-order valence-corrected chi connectivity index (χ4v) is 23.6. The molecule has 13 aliphatic carbocycles. The van der Waals surface area contributed by atoms with Gasteiger partial charge in [0.1, 0.15) is 24.6 Å². The second-order valence-corrected chi connectivity index (χ2v) is 33.5. The molecule has 0 radical (unpaired) electrons. The number of rotatable bonds is 14. The van der Waals surface area contributed by atoms with Crippen molar-refractivity contribution in [2.75, 3.05) is 26.4 Å². The Kier molecular flexibility index (Phi) is 20.4. The fraction of sp³-hybridized carbons (Fsp3) is 0.728. The first-order valence-electron chi connectivity index (χ1n) is 36.2. The third-order valence-electron chi connectivity index (χ3n) is 28.8. The molecular formula is C81H112F2O12. The molecular weight excluding hydrogens is 1200 g/mol. The topological polar surface area (TPSA) is 195 Å². The lowest BCUT2D eigenvalue weighted by molar-refractivity contribution is -0.171. The van der Waals surface area contributed by atoms with Crippen LogP contribution in [0.25, 0.3) is 0 Å². The van der Waals surface area contributed by atoms with Gasteiger partial charge in [-0.1, -0.05) is 146 Å². The molecule has 0 aromatic heterocycles. The Bertz CT molecular complexity index is 3350. The molecule has 0 bridgehead atoms. The predicted octanol–water partition coefficient (Wildman–Crippen LogP) is 15.7. The molecule has 18 atom stereocenters. The molecule has 0 saturated heterocycles. The number of halogens is 2. The zero-order chi connectivity index (χ0) is 68.1. The Labute approximate surface area is 564 Å². The molecule has 0 aromatic carbocycles. The lowest BCUT2D eigenvalue weighted by atomic mass is 9.48. The third kappa shape index (κ3) is 12.0. The SMILES string of the molecule is C.CC(=O)CCCOCC(=O)[C@H]1[C@H](C)CC2C3CCC4=CC(=O)CC[C@]4(C)C3=CC[C@@]21C.CC(=O)OCC(=O)[C@@]1(O)[C@H](C2CCCCC2)CC2C3CCC4=CC(=O)C=C[C@]4(C)C3=CC[C@@]21C.CC(F)(F)[C@@H]1CC2C3CCC4=CC(=O)CC[C@]4(C)C3=CC[C@]2(C)[C@@]1(C)C(=O)CO. The van der Waals surface area contributed by atoms with Crippen molar-refractivity contribution in [3.05, 3.63) is 82.0 Å². The van der Waals surface area contributed by atoms with Gasteiger partial charge in [-0.05, 0) is 205 Å². The van der Waals surface area contributed by atoms with Crippen molar-refractivity contribution in [1.29, 1.82) is 0 Å². The molecule has 14 heteroatoms. The van der Waals surface area contributed by atoms with E-state index in [-0.39, 0.29) is 113 Å².